The number of hydrogen-bond acceptors (Lipinski definition) is 11. The third-order valence-electron chi connectivity index (χ3n) is 9.19. The van der Waals surface area contributed by atoms with E-state index in [0.29, 0.717) is 55.1 Å². The van der Waals surface area contributed by atoms with Gasteiger partial charge in [-0.3, -0.25) is 4.79 Å². The summed E-state index contributed by atoms with van der Waals surface area (Å²) in [5.74, 6) is -0.684. The number of rotatable bonds is 19. The largest absolute Gasteiger partial charge is 0.501 e. The highest BCUT2D eigenvalue weighted by molar-refractivity contribution is 7.99. The van der Waals surface area contributed by atoms with E-state index in [9.17, 15) is 34.8 Å². The molecule has 0 radical (unpaired) electrons. The number of anilines is 2. The number of sulfonamides is 1. The number of thioether (sulfide) groups is 1. The summed E-state index contributed by atoms with van der Waals surface area (Å²) in [7, 11) is -7.20. The van der Waals surface area contributed by atoms with Crippen molar-refractivity contribution in [2.75, 3.05) is 69.8 Å². The molecule has 0 unspecified atom stereocenters. The second kappa shape index (κ2) is 20.2. The first-order chi connectivity index (χ1) is 27.5. The van der Waals surface area contributed by atoms with Crippen LogP contribution in [0.3, 0.4) is 0 Å². The zero-order valence-corrected chi connectivity index (χ0v) is 35.1. The average molecular weight is 879 g/mol. The van der Waals surface area contributed by atoms with Crippen LogP contribution in [0.5, 0.6) is 0 Å². The van der Waals surface area contributed by atoms with Gasteiger partial charge in [0.2, 0.25) is 0 Å². The first kappa shape index (κ1) is 45.0. The van der Waals surface area contributed by atoms with Gasteiger partial charge in [0, 0.05) is 59.1 Å². The van der Waals surface area contributed by atoms with Gasteiger partial charge in [-0.25, -0.2) is 21.6 Å². The SMILES string of the molecule is CN(C)CC[C@H](CSc1ccccc1)Nc1ccc(S(=O)(=O)NC(=O)c2ccc(NCCNCC3=C(c4ccc(Cl)cc4)CCNC3)cc2)cc1S(=O)(=O)C(F)(F)F. The van der Waals surface area contributed by atoms with Gasteiger partial charge in [-0.05, 0) is 123 Å². The van der Waals surface area contributed by atoms with E-state index in [4.69, 9.17) is 11.6 Å². The molecule has 58 heavy (non-hydrogen) atoms. The summed E-state index contributed by atoms with van der Waals surface area (Å²) in [5.41, 5.74) is -1.81. The second-order valence-electron chi connectivity index (χ2n) is 13.8. The molecule has 0 bridgehead atoms. The fourth-order valence-corrected chi connectivity index (χ4v) is 9.24. The predicted molar refractivity (Wildman–Crippen MR) is 226 cm³/mol. The maximum atomic E-state index is 14.0. The maximum absolute atomic E-state index is 14.0. The summed E-state index contributed by atoms with van der Waals surface area (Å²) < 4.78 is 96.1. The topological polar surface area (TPSA) is 149 Å². The van der Waals surface area contributed by atoms with E-state index in [1.807, 2.05) is 78.3 Å². The summed E-state index contributed by atoms with van der Waals surface area (Å²) in [6.07, 6.45) is 1.35. The van der Waals surface area contributed by atoms with Crippen molar-refractivity contribution in [3.05, 3.63) is 119 Å². The molecule has 4 aromatic carbocycles. The number of carbonyl (C=O) groups excluding carboxylic acids is 1. The molecule has 4 aromatic rings. The lowest BCUT2D eigenvalue weighted by molar-refractivity contribution is -0.0435. The number of alkyl halides is 3. The summed E-state index contributed by atoms with van der Waals surface area (Å²) in [5, 5.41) is 13.7. The lowest BCUT2D eigenvalue weighted by Gasteiger charge is -2.24. The Labute approximate surface area is 347 Å². The number of sulfone groups is 1. The van der Waals surface area contributed by atoms with Crippen LogP contribution in [0.15, 0.2) is 117 Å². The summed E-state index contributed by atoms with van der Waals surface area (Å²) in [4.78, 5) is 13.7. The third-order valence-corrected chi connectivity index (χ3v) is 13.5. The molecule has 5 rings (SSSR count). The normalized spacial score (nSPS) is 14.3. The van der Waals surface area contributed by atoms with Crippen molar-refractivity contribution in [1.29, 1.82) is 0 Å². The predicted octanol–water partition coefficient (Wildman–Crippen LogP) is 6.73. The van der Waals surface area contributed by atoms with E-state index in [0.717, 1.165) is 42.1 Å². The van der Waals surface area contributed by atoms with Crippen LogP contribution in [0.2, 0.25) is 5.02 Å². The quantitative estimate of drug-likeness (QED) is 0.0505. The number of carbonyl (C=O) groups is 1. The fraction of sp³-hybridized carbons (Fsp3) is 0.325. The Morgan fingerprint density at radius 2 is 1.64 bits per heavy atom. The monoisotopic (exact) mass is 878 g/mol. The highest BCUT2D eigenvalue weighted by Crippen LogP contribution is 2.37. The zero-order chi connectivity index (χ0) is 41.9. The lowest BCUT2D eigenvalue weighted by Crippen LogP contribution is -2.32. The van der Waals surface area contributed by atoms with Crippen molar-refractivity contribution in [2.45, 2.75) is 39.1 Å². The van der Waals surface area contributed by atoms with E-state index < -0.39 is 52.8 Å². The molecule has 18 heteroatoms. The smallest absolute Gasteiger partial charge is 0.384 e. The highest BCUT2D eigenvalue weighted by atomic mass is 35.5. The minimum absolute atomic E-state index is 0.0419. The van der Waals surface area contributed by atoms with Crippen molar-refractivity contribution >= 4 is 66.1 Å². The number of amides is 1. The van der Waals surface area contributed by atoms with Crippen LogP contribution < -0.4 is 26.0 Å². The highest BCUT2D eigenvalue weighted by Gasteiger charge is 2.48. The lowest BCUT2D eigenvalue weighted by atomic mass is 9.94. The molecule has 312 valence electrons. The molecule has 1 aliphatic rings. The number of nitrogens with one attached hydrogen (secondary N) is 5. The minimum atomic E-state index is -6.03. The van der Waals surface area contributed by atoms with Crippen molar-refractivity contribution in [1.82, 2.24) is 20.3 Å². The molecular formula is C40H46ClF3N6O5S3. The first-order valence-electron chi connectivity index (χ1n) is 18.4. The number of hydrogen-bond donors (Lipinski definition) is 5. The van der Waals surface area contributed by atoms with Gasteiger partial charge in [0.05, 0.1) is 10.6 Å². The average Bonchev–Trinajstić information content (AvgIpc) is 3.19. The van der Waals surface area contributed by atoms with Crippen LogP contribution in [0.4, 0.5) is 24.5 Å². The first-order valence-corrected chi connectivity index (χ1v) is 22.7. The van der Waals surface area contributed by atoms with Crippen LogP contribution >= 0.6 is 23.4 Å². The Morgan fingerprint density at radius 1 is 0.931 bits per heavy atom. The van der Waals surface area contributed by atoms with Crippen LogP contribution in [-0.2, 0) is 19.9 Å². The minimum Gasteiger partial charge on any atom is -0.384 e. The Bertz CT molecular complexity index is 2260. The Hall–Kier alpha value is -4.10. The van der Waals surface area contributed by atoms with Gasteiger partial charge in [-0.1, -0.05) is 41.9 Å². The number of nitrogens with zero attached hydrogens (tertiary/aromatic N) is 1. The van der Waals surface area contributed by atoms with Gasteiger partial charge in [0.1, 0.15) is 4.90 Å². The van der Waals surface area contributed by atoms with Gasteiger partial charge in [-0.15, -0.1) is 11.8 Å². The fourth-order valence-electron chi connectivity index (χ4n) is 6.10. The summed E-state index contributed by atoms with van der Waals surface area (Å²) in [6, 6.07) is 24.9. The van der Waals surface area contributed by atoms with Gasteiger partial charge >= 0.3 is 5.51 Å². The van der Waals surface area contributed by atoms with Crippen LogP contribution in [0, 0.1) is 0 Å². The third kappa shape index (κ3) is 12.5. The van der Waals surface area contributed by atoms with Crippen molar-refractivity contribution < 1.29 is 34.8 Å². The van der Waals surface area contributed by atoms with Gasteiger partial charge in [-0.2, -0.15) is 13.2 Å². The summed E-state index contributed by atoms with van der Waals surface area (Å²) >= 11 is 7.50. The molecule has 0 aliphatic carbocycles. The van der Waals surface area contributed by atoms with Gasteiger partial charge in [0.25, 0.3) is 25.8 Å². The molecule has 5 N–H and O–H groups in total. The van der Waals surface area contributed by atoms with Crippen molar-refractivity contribution in [2.24, 2.45) is 0 Å². The van der Waals surface area contributed by atoms with Crippen LogP contribution in [-0.4, -0.2) is 98.3 Å². The molecular weight excluding hydrogens is 833 g/mol. The molecule has 0 fully saturated rings. The van der Waals surface area contributed by atoms with Gasteiger partial charge in [0.15, 0.2) is 0 Å². The van der Waals surface area contributed by atoms with E-state index in [-0.39, 0.29) is 5.56 Å². The molecule has 0 aromatic heterocycles. The van der Waals surface area contributed by atoms with Crippen LogP contribution in [0.1, 0.15) is 28.8 Å². The maximum Gasteiger partial charge on any atom is 0.501 e. The van der Waals surface area contributed by atoms with Crippen LogP contribution in [0.25, 0.3) is 5.57 Å². The molecule has 0 saturated carbocycles. The van der Waals surface area contributed by atoms with Crippen molar-refractivity contribution in [3.63, 3.8) is 0 Å². The molecule has 0 saturated heterocycles. The standard InChI is InChI=1S/C40H46ClF3N6O5S3/c1-50(2)23-19-33(27-56-34-6-4-3-5-7-34)48-37-17-16-35(24-38(37)57(52,53)40(42,43)44)58(54,55)49-39(51)29-10-14-32(15-11-29)47-22-21-46-26-30-25-45-20-18-36(30)28-8-12-31(41)13-9-28/h3-17,24,33,45-48H,18-23,25-27H2,1-2H3,(H,49,51)/t33-/m1/s1. The van der Waals surface area contributed by atoms with Gasteiger partial charge < -0.3 is 26.2 Å². The molecule has 1 heterocycles. The number of halogens is 4. The Balaban J connectivity index is 1.22. The Kier molecular flexibility index (Phi) is 15.7. The number of benzene rings is 4. The van der Waals surface area contributed by atoms with Crippen molar-refractivity contribution in [3.8, 4) is 0 Å². The molecule has 1 aliphatic heterocycles. The van der Waals surface area contributed by atoms with E-state index in [2.05, 4.69) is 21.3 Å². The zero-order valence-electron chi connectivity index (χ0n) is 31.9. The summed E-state index contributed by atoms with van der Waals surface area (Å²) in [6.45, 7) is 4.07. The molecule has 0 spiro atoms. The Morgan fingerprint density at radius 3 is 2.31 bits per heavy atom. The molecule has 11 nitrogen and oxygen atoms in total. The van der Waals surface area contributed by atoms with E-state index >= 15 is 0 Å². The molecule has 1 amide bonds. The second-order valence-corrected chi connectivity index (χ2v) is 18.9. The van der Waals surface area contributed by atoms with E-state index in [1.54, 1.807) is 12.1 Å². The van der Waals surface area contributed by atoms with E-state index in [1.165, 1.54) is 35.0 Å². The molecule has 1 atom stereocenters.